The van der Waals surface area contributed by atoms with E-state index in [0.717, 1.165) is 5.56 Å². The lowest BCUT2D eigenvalue weighted by molar-refractivity contribution is -0.297. The number of benzene rings is 1. The van der Waals surface area contributed by atoms with E-state index in [2.05, 4.69) is 21.2 Å². The number of amides is 1. The van der Waals surface area contributed by atoms with Gasteiger partial charge in [-0.15, -0.1) is 0 Å². The lowest BCUT2D eigenvalue weighted by Crippen LogP contribution is -2.42. The molecule has 2 atom stereocenters. The zero-order chi connectivity index (χ0) is 24.5. The van der Waals surface area contributed by atoms with E-state index in [4.69, 9.17) is 14.7 Å². The number of rotatable bonds is 6. The minimum Gasteiger partial charge on any atom is -0.491 e. The van der Waals surface area contributed by atoms with Crippen LogP contribution in [0.15, 0.2) is 24.3 Å². The Kier molecular flexibility index (Phi) is 6.35. The second-order valence-electron chi connectivity index (χ2n) is 7.96. The van der Waals surface area contributed by atoms with Crippen molar-refractivity contribution in [3.63, 3.8) is 0 Å². The van der Waals surface area contributed by atoms with E-state index in [1.165, 1.54) is 10.7 Å². The van der Waals surface area contributed by atoms with Crippen LogP contribution in [-0.2, 0) is 17.7 Å². The van der Waals surface area contributed by atoms with Crippen LogP contribution in [0, 0.1) is 11.3 Å². The summed E-state index contributed by atoms with van der Waals surface area (Å²) < 4.78 is 79.7. The zero-order valence-electron chi connectivity index (χ0n) is 17.6. The van der Waals surface area contributed by atoms with E-state index in [0.29, 0.717) is 17.7 Å². The number of aryl methyl sites for hydroxylation is 1. The number of halogens is 5. The van der Waals surface area contributed by atoms with Gasteiger partial charge in [-0.25, -0.2) is 4.68 Å². The molecule has 1 aromatic carbocycles. The minimum atomic E-state index is -5.69. The molecule has 182 valence electrons. The van der Waals surface area contributed by atoms with Gasteiger partial charge in [0.15, 0.2) is 5.69 Å². The van der Waals surface area contributed by atoms with Gasteiger partial charge in [-0.1, -0.05) is 0 Å². The number of aromatic nitrogens is 2. The topological polar surface area (TPSA) is 98.4 Å². The summed E-state index contributed by atoms with van der Waals surface area (Å²) in [7, 11) is 0. The zero-order valence-corrected chi connectivity index (χ0v) is 17.6. The number of alkyl halides is 5. The molecule has 3 heterocycles. The average Bonchev–Trinajstić information content (AvgIpc) is 3.21. The van der Waals surface area contributed by atoms with Crippen molar-refractivity contribution < 1.29 is 41.0 Å². The number of fused-ring (bicyclic) bond motifs is 2. The Morgan fingerprint density at radius 1 is 1.29 bits per heavy atom. The number of hydrogen-bond donors (Lipinski definition) is 1. The van der Waals surface area contributed by atoms with E-state index in [9.17, 15) is 26.7 Å². The fraction of sp³-hybridized carbons (Fsp3) is 0.476. The Balaban J connectivity index is 1.31. The van der Waals surface area contributed by atoms with Crippen LogP contribution < -0.4 is 14.8 Å². The second-order valence-corrected chi connectivity index (χ2v) is 7.96. The summed E-state index contributed by atoms with van der Waals surface area (Å²) in [6.07, 6.45) is -5.74. The number of nitrogens with one attached hydrogen (secondary N) is 1. The molecule has 0 aliphatic carbocycles. The first-order valence-corrected chi connectivity index (χ1v) is 10.3. The molecule has 0 bridgehead atoms. The van der Waals surface area contributed by atoms with Crippen LogP contribution in [0.3, 0.4) is 0 Å². The molecule has 2 aliphatic heterocycles. The Morgan fingerprint density at radius 2 is 2.09 bits per heavy atom. The van der Waals surface area contributed by atoms with E-state index >= 15 is 0 Å². The lowest BCUT2D eigenvalue weighted by Gasteiger charge is -2.26. The molecule has 2 aromatic rings. The highest BCUT2D eigenvalue weighted by atomic mass is 19.4. The predicted molar refractivity (Wildman–Crippen MR) is 105 cm³/mol. The van der Waals surface area contributed by atoms with Gasteiger partial charge in [0.1, 0.15) is 25.1 Å². The molecule has 0 saturated heterocycles. The largest absolute Gasteiger partial charge is 0.491 e. The fourth-order valence-electron chi connectivity index (χ4n) is 3.60. The highest BCUT2D eigenvalue weighted by Crippen LogP contribution is 2.35. The molecular formula is C21H19F5N4O4. The molecule has 0 saturated carbocycles. The summed E-state index contributed by atoms with van der Waals surface area (Å²) in [4.78, 5) is 12.7. The van der Waals surface area contributed by atoms with Crippen LogP contribution >= 0.6 is 0 Å². The third-order valence-corrected chi connectivity index (χ3v) is 5.36. The maximum absolute atomic E-state index is 13.0. The van der Waals surface area contributed by atoms with E-state index in [1.54, 1.807) is 18.2 Å². The Bertz CT molecular complexity index is 1110. The molecule has 1 N–H and O–H groups in total. The van der Waals surface area contributed by atoms with Crippen molar-refractivity contribution in [1.82, 2.24) is 15.1 Å². The van der Waals surface area contributed by atoms with Crippen molar-refractivity contribution in [3.05, 3.63) is 41.1 Å². The lowest BCUT2D eigenvalue weighted by atomic mass is 10.0. The van der Waals surface area contributed by atoms with Crippen LogP contribution in [-0.4, -0.2) is 59.8 Å². The minimum absolute atomic E-state index is 0.0525. The van der Waals surface area contributed by atoms with Crippen molar-refractivity contribution in [3.8, 4) is 17.7 Å². The summed E-state index contributed by atoms with van der Waals surface area (Å²) >= 11 is 0. The van der Waals surface area contributed by atoms with Gasteiger partial charge in [0.25, 0.3) is 5.91 Å². The van der Waals surface area contributed by atoms with Gasteiger partial charge in [-0.2, -0.15) is 32.3 Å². The van der Waals surface area contributed by atoms with Gasteiger partial charge in [0.05, 0.1) is 24.3 Å². The maximum Gasteiger partial charge on any atom is 0.455 e. The highest BCUT2D eigenvalue weighted by molar-refractivity contribution is 5.92. The molecule has 1 unspecified atom stereocenters. The first-order chi connectivity index (χ1) is 16.1. The molecule has 0 radical (unpaired) electrons. The van der Waals surface area contributed by atoms with Gasteiger partial charge >= 0.3 is 12.1 Å². The number of hydrogen-bond acceptors (Lipinski definition) is 6. The Labute approximate surface area is 190 Å². The smallest absolute Gasteiger partial charge is 0.455 e. The SMILES string of the molecule is N#Cc1ccc2c(c1)C[C@@H](NC(=O)c1cc3n(n1)CCC(COCC(F)(F)C(F)(F)F)O3)CO2. The van der Waals surface area contributed by atoms with Gasteiger partial charge in [0, 0.05) is 19.0 Å². The molecule has 13 heteroatoms. The van der Waals surface area contributed by atoms with E-state index in [-0.39, 0.29) is 37.2 Å². The highest BCUT2D eigenvalue weighted by Gasteiger charge is 2.57. The van der Waals surface area contributed by atoms with E-state index in [1.807, 2.05) is 0 Å². The monoisotopic (exact) mass is 486 g/mol. The van der Waals surface area contributed by atoms with Crippen molar-refractivity contribution >= 4 is 5.91 Å². The summed E-state index contributed by atoms with van der Waals surface area (Å²) in [6.45, 7) is -1.77. The van der Waals surface area contributed by atoms with Gasteiger partial charge in [-0.05, 0) is 30.2 Å². The van der Waals surface area contributed by atoms with Crippen molar-refractivity contribution in [2.45, 2.75) is 43.6 Å². The molecule has 1 aromatic heterocycles. The Morgan fingerprint density at radius 3 is 2.82 bits per heavy atom. The number of ether oxygens (including phenoxy) is 3. The first-order valence-electron chi connectivity index (χ1n) is 10.3. The van der Waals surface area contributed by atoms with Crippen LogP contribution in [0.1, 0.15) is 28.0 Å². The fourth-order valence-corrected chi connectivity index (χ4v) is 3.60. The standard InChI is InChI=1S/C21H19F5N4O4/c22-20(23,21(24,25)26)11-32-10-15-3-4-30-18(34-15)7-16(29-30)19(31)28-14-6-13-5-12(8-27)1-2-17(13)33-9-14/h1-2,5,7,14-15H,3-4,6,9-11H2,(H,28,31)/t14-,15?/m1/s1. The van der Waals surface area contributed by atoms with Crippen molar-refractivity contribution in [1.29, 1.82) is 5.26 Å². The quantitative estimate of drug-likeness (QED) is 0.631. The molecule has 2 aliphatic rings. The van der Waals surface area contributed by atoms with Gasteiger partial charge < -0.3 is 19.5 Å². The number of carbonyl (C=O) groups excluding carboxylic acids is 1. The Hall–Kier alpha value is -3.40. The van der Waals surface area contributed by atoms with Crippen LogP contribution in [0.25, 0.3) is 0 Å². The predicted octanol–water partition coefficient (Wildman–Crippen LogP) is 2.85. The third-order valence-electron chi connectivity index (χ3n) is 5.36. The van der Waals surface area contributed by atoms with Crippen LogP contribution in [0.5, 0.6) is 11.6 Å². The number of nitrogens with zero attached hydrogens (tertiary/aromatic N) is 3. The molecule has 0 spiro atoms. The summed E-state index contributed by atoms with van der Waals surface area (Å²) in [5.74, 6) is -4.61. The summed E-state index contributed by atoms with van der Waals surface area (Å²) in [5, 5.41) is 16.0. The van der Waals surface area contributed by atoms with Gasteiger partial charge in [0.2, 0.25) is 5.88 Å². The normalized spacial score (nSPS) is 19.8. The summed E-state index contributed by atoms with van der Waals surface area (Å²) in [6, 6.07) is 8.10. The maximum atomic E-state index is 13.0. The van der Waals surface area contributed by atoms with E-state index < -0.39 is 37.3 Å². The molecule has 8 nitrogen and oxygen atoms in total. The van der Waals surface area contributed by atoms with Crippen molar-refractivity contribution in [2.75, 3.05) is 19.8 Å². The first kappa shape index (κ1) is 23.7. The van der Waals surface area contributed by atoms with Crippen LogP contribution in [0.2, 0.25) is 0 Å². The molecule has 0 fully saturated rings. The molecular weight excluding hydrogens is 467 g/mol. The summed E-state index contributed by atoms with van der Waals surface area (Å²) in [5.41, 5.74) is 1.33. The molecule has 34 heavy (non-hydrogen) atoms. The second kappa shape index (κ2) is 9.09. The van der Waals surface area contributed by atoms with Crippen molar-refractivity contribution in [2.24, 2.45) is 0 Å². The average molecular weight is 486 g/mol. The molecule has 4 rings (SSSR count). The number of nitriles is 1. The third kappa shape index (κ3) is 5.06. The molecule has 1 amide bonds. The van der Waals surface area contributed by atoms with Crippen LogP contribution in [0.4, 0.5) is 22.0 Å². The van der Waals surface area contributed by atoms with Gasteiger partial charge in [-0.3, -0.25) is 4.79 Å². The number of carbonyl (C=O) groups is 1.